The summed E-state index contributed by atoms with van der Waals surface area (Å²) in [6.07, 6.45) is 0.594. The molecule has 6 heteroatoms. The fraction of sp³-hybridized carbons (Fsp3) is 0.423. The molecule has 32 heavy (non-hydrogen) atoms. The summed E-state index contributed by atoms with van der Waals surface area (Å²) >= 11 is 0. The molecule has 0 N–H and O–H groups in total. The van der Waals surface area contributed by atoms with E-state index in [0.717, 1.165) is 5.56 Å². The van der Waals surface area contributed by atoms with E-state index in [1.54, 1.807) is 29.2 Å². The zero-order valence-corrected chi connectivity index (χ0v) is 19.5. The van der Waals surface area contributed by atoms with Gasteiger partial charge in [0.05, 0.1) is 12.1 Å². The van der Waals surface area contributed by atoms with Crippen molar-refractivity contribution >= 4 is 23.4 Å². The number of rotatable bonds is 8. The lowest BCUT2D eigenvalue weighted by Crippen LogP contribution is -2.56. The topological polar surface area (TPSA) is 66.9 Å². The fourth-order valence-corrected chi connectivity index (χ4v) is 3.93. The number of benzene rings is 2. The van der Waals surface area contributed by atoms with E-state index in [1.165, 1.54) is 4.90 Å². The Balaban J connectivity index is 1.84. The van der Waals surface area contributed by atoms with Crippen molar-refractivity contribution in [1.82, 2.24) is 4.90 Å². The average molecular weight is 437 g/mol. The summed E-state index contributed by atoms with van der Waals surface area (Å²) in [6, 6.07) is 15.7. The Labute approximate surface area is 190 Å². The van der Waals surface area contributed by atoms with Gasteiger partial charge in [0.1, 0.15) is 11.8 Å². The molecule has 1 atom stereocenters. The molecule has 0 aliphatic carbocycles. The van der Waals surface area contributed by atoms with Crippen LogP contribution in [0.5, 0.6) is 5.75 Å². The number of amides is 3. The van der Waals surface area contributed by atoms with Gasteiger partial charge in [0.15, 0.2) is 6.61 Å². The van der Waals surface area contributed by atoms with Gasteiger partial charge in [0.25, 0.3) is 11.8 Å². The predicted octanol–water partition coefficient (Wildman–Crippen LogP) is 4.54. The second kappa shape index (κ2) is 9.55. The molecule has 2 aromatic carbocycles. The highest BCUT2D eigenvalue weighted by Gasteiger charge is 2.48. The summed E-state index contributed by atoms with van der Waals surface area (Å²) in [5.74, 6) is -0.0580. The van der Waals surface area contributed by atoms with E-state index in [-0.39, 0.29) is 30.7 Å². The third-order valence-electron chi connectivity index (χ3n) is 6.14. The number of carbonyl (C=O) groups is 3. The van der Waals surface area contributed by atoms with E-state index in [4.69, 9.17) is 4.74 Å². The van der Waals surface area contributed by atoms with Crippen LogP contribution in [0.1, 0.15) is 58.9 Å². The molecule has 0 saturated carbocycles. The standard InChI is InChI=1S/C26H32N2O4/c1-6-26(4,5)28(24(30)17-32-21-10-8-7-9-11-21)22-16-23(29)27(25(22)31)20-14-12-19(13-15-20)18(2)3/h7-15,18,22H,6,16-17H2,1-5H3. The lowest BCUT2D eigenvalue weighted by Gasteiger charge is -2.41. The first-order chi connectivity index (χ1) is 15.2. The van der Waals surface area contributed by atoms with Crippen LogP contribution in [0.2, 0.25) is 0 Å². The molecule has 1 unspecified atom stereocenters. The number of imide groups is 1. The van der Waals surface area contributed by atoms with E-state index in [2.05, 4.69) is 13.8 Å². The first-order valence-electron chi connectivity index (χ1n) is 11.1. The molecule has 3 amide bonds. The number of nitrogens with zero attached hydrogens (tertiary/aromatic N) is 2. The van der Waals surface area contributed by atoms with Crippen LogP contribution in [0.4, 0.5) is 5.69 Å². The lowest BCUT2D eigenvalue weighted by molar-refractivity contribution is -0.146. The molecular formula is C26H32N2O4. The normalized spacial score (nSPS) is 16.6. The maximum atomic E-state index is 13.4. The highest BCUT2D eigenvalue weighted by atomic mass is 16.5. The van der Waals surface area contributed by atoms with Gasteiger partial charge in [0, 0.05) is 5.54 Å². The molecule has 0 spiro atoms. The smallest absolute Gasteiger partial charge is 0.261 e. The highest BCUT2D eigenvalue weighted by molar-refractivity contribution is 6.23. The monoisotopic (exact) mass is 436 g/mol. The molecule has 2 aromatic rings. The van der Waals surface area contributed by atoms with Gasteiger partial charge in [-0.05, 0) is 56.0 Å². The Morgan fingerprint density at radius 1 is 1.09 bits per heavy atom. The van der Waals surface area contributed by atoms with E-state index in [0.29, 0.717) is 23.8 Å². The fourth-order valence-electron chi connectivity index (χ4n) is 3.93. The molecule has 6 nitrogen and oxygen atoms in total. The molecule has 0 radical (unpaired) electrons. The quantitative estimate of drug-likeness (QED) is 0.570. The van der Waals surface area contributed by atoms with E-state index in [9.17, 15) is 14.4 Å². The number of hydrogen-bond donors (Lipinski definition) is 0. The van der Waals surface area contributed by atoms with Gasteiger partial charge in [-0.3, -0.25) is 14.4 Å². The number of anilines is 1. The molecular weight excluding hydrogens is 404 g/mol. The summed E-state index contributed by atoms with van der Waals surface area (Å²) in [7, 11) is 0. The first-order valence-corrected chi connectivity index (χ1v) is 11.1. The van der Waals surface area contributed by atoms with E-state index >= 15 is 0 Å². The Morgan fingerprint density at radius 2 is 1.72 bits per heavy atom. The van der Waals surface area contributed by atoms with Crippen LogP contribution in [0.25, 0.3) is 0 Å². The van der Waals surface area contributed by atoms with Crippen molar-refractivity contribution in [3.63, 3.8) is 0 Å². The van der Waals surface area contributed by atoms with Gasteiger partial charge in [-0.15, -0.1) is 0 Å². The van der Waals surface area contributed by atoms with Crippen LogP contribution in [-0.4, -0.2) is 40.8 Å². The van der Waals surface area contributed by atoms with Crippen molar-refractivity contribution in [1.29, 1.82) is 0 Å². The first kappa shape index (κ1) is 23.5. The third-order valence-corrected chi connectivity index (χ3v) is 6.14. The molecule has 0 aromatic heterocycles. The Kier molecular flexibility index (Phi) is 7.02. The highest BCUT2D eigenvalue weighted by Crippen LogP contribution is 2.32. The summed E-state index contributed by atoms with van der Waals surface area (Å²) in [6.45, 7) is 9.75. The van der Waals surface area contributed by atoms with Gasteiger partial charge in [-0.2, -0.15) is 0 Å². The Morgan fingerprint density at radius 3 is 2.28 bits per heavy atom. The van der Waals surface area contributed by atoms with Crippen LogP contribution < -0.4 is 9.64 Å². The van der Waals surface area contributed by atoms with Crippen LogP contribution in [0.15, 0.2) is 54.6 Å². The molecule has 1 heterocycles. The van der Waals surface area contributed by atoms with E-state index in [1.807, 2.05) is 51.1 Å². The molecule has 1 fully saturated rings. The summed E-state index contributed by atoms with van der Waals surface area (Å²) in [5.41, 5.74) is 1.05. The molecule has 0 bridgehead atoms. The molecule has 1 aliphatic heterocycles. The predicted molar refractivity (Wildman–Crippen MR) is 125 cm³/mol. The number of ether oxygens (including phenoxy) is 1. The second-order valence-electron chi connectivity index (χ2n) is 9.06. The van der Waals surface area contributed by atoms with Crippen LogP contribution >= 0.6 is 0 Å². The van der Waals surface area contributed by atoms with Gasteiger partial charge in [0.2, 0.25) is 5.91 Å². The van der Waals surface area contributed by atoms with Gasteiger partial charge >= 0.3 is 0 Å². The molecule has 170 valence electrons. The van der Waals surface area contributed by atoms with Gasteiger partial charge in [-0.25, -0.2) is 4.90 Å². The van der Waals surface area contributed by atoms with Crippen molar-refractivity contribution in [2.24, 2.45) is 0 Å². The summed E-state index contributed by atoms with van der Waals surface area (Å²) in [5, 5.41) is 0. The van der Waals surface area contributed by atoms with Crippen molar-refractivity contribution in [2.75, 3.05) is 11.5 Å². The minimum atomic E-state index is -0.853. The molecule has 1 aliphatic rings. The van der Waals surface area contributed by atoms with Crippen LogP contribution in [-0.2, 0) is 14.4 Å². The summed E-state index contributed by atoms with van der Waals surface area (Å²) < 4.78 is 5.66. The minimum absolute atomic E-state index is 0.0364. The maximum absolute atomic E-state index is 13.4. The van der Waals surface area contributed by atoms with Gasteiger partial charge < -0.3 is 9.64 Å². The zero-order valence-electron chi connectivity index (χ0n) is 19.5. The van der Waals surface area contributed by atoms with Crippen molar-refractivity contribution in [3.8, 4) is 5.75 Å². The number of para-hydroxylation sites is 1. The number of hydrogen-bond acceptors (Lipinski definition) is 4. The van der Waals surface area contributed by atoms with Crippen LogP contribution in [0.3, 0.4) is 0 Å². The SMILES string of the molecule is CCC(C)(C)N(C(=O)COc1ccccc1)C1CC(=O)N(c2ccc(C(C)C)cc2)C1=O. The van der Waals surface area contributed by atoms with Gasteiger partial charge in [-0.1, -0.05) is 51.1 Å². The average Bonchev–Trinajstić information content (AvgIpc) is 3.06. The van der Waals surface area contributed by atoms with Crippen LogP contribution in [0, 0.1) is 0 Å². The van der Waals surface area contributed by atoms with Crippen molar-refractivity contribution in [3.05, 3.63) is 60.2 Å². The van der Waals surface area contributed by atoms with Crippen molar-refractivity contribution < 1.29 is 19.1 Å². The largest absolute Gasteiger partial charge is 0.484 e. The zero-order chi connectivity index (χ0) is 23.5. The molecule has 3 rings (SSSR count). The Hall–Kier alpha value is -3.15. The molecule has 1 saturated heterocycles. The second-order valence-corrected chi connectivity index (χ2v) is 9.06. The van der Waals surface area contributed by atoms with E-state index < -0.39 is 11.6 Å². The number of carbonyl (C=O) groups excluding carboxylic acids is 3. The Bertz CT molecular complexity index is 967. The summed E-state index contributed by atoms with van der Waals surface area (Å²) in [4.78, 5) is 42.3. The maximum Gasteiger partial charge on any atom is 0.261 e. The lowest BCUT2D eigenvalue weighted by atomic mass is 9.96. The third kappa shape index (κ3) is 4.85. The van der Waals surface area contributed by atoms with Crippen molar-refractivity contribution in [2.45, 2.75) is 65.0 Å². The minimum Gasteiger partial charge on any atom is -0.484 e.